The van der Waals surface area contributed by atoms with Crippen LogP contribution in [0.2, 0.25) is 0 Å². The van der Waals surface area contributed by atoms with Gasteiger partial charge in [-0.1, -0.05) is 19.9 Å². The number of hydrogen-bond acceptors (Lipinski definition) is 4. The summed E-state index contributed by atoms with van der Waals surface area (Å²) in [6.45, 7) is 5.81. The van der Waals surface area contributed by atoms with Gasteiger partial charge < -0.3 is 14.5 Å². The van der Waals surface area contributed by atoms with Gasteiger partial charge in [-0.15, -0.1) is 0 Å². The van der Waals surface area contributed by atoms with Crippen LogP contribution in [0.3, 0.4) is 0 Å². The van der Waals surface area contributed by atoms with Crippen molar-refractivity contribution in [1.29, 1.82) is 0 Å². The van der Waals surface area contributed by atoms with Crippen LogP contribution < -0.4 is 4.90 Å². The van der Waals surface area contributed by atoms with Crippen molar-refractivity contribution in [3.05, 3.63) is 63.7 Å². The molecule has 2 aromatic rings. The molecule has 250 valence electrons. The van der Waals surface area contributed by atoms with E-state index in [1.54, 1.807) is 4.90 Å². The van der Waals surface area contributed by atoms with E-state index in [-0.39, 0.29) is 43.2 Å². The number of aryl methyl sites for hydroxylation is 1. The molecule has 0 radical (unpaired) electrons. The Bertz CT molecular complexity index is 1370. The molecule has 1 amide bonds. The fourth-order valence-electron chi connectivity index (χ4n) is 5.61. The molecule has 0 fully saturated rings. The molecular formula is C31H35F9N2O3. The molecule has 2 aromatic carbocycles. The Hall–Kier alpha value is -3.45. The molecule has 0 saturated heterocycles. The summed E-state index contributed by atoms with van der Waals surface area (Å²) < 4.78 is 128. The van der Waals surface area contributed by atoms with Crippen LogP contribution in [-0.2, 0) is 39.4 Å². The predicted molar refractivity (Wildman–Crippen MR) is 148 cm³/mol. The molecule has 0 saturated carbocycles. The normalized spacial score (nSPS) is 16.2. The number of carbonyl (C=O) groups is 2. The van der Waals surface area contributed by atoms with E-state index < -0.39 is 70.7 Å². The number of amides is 1. The van der Waals surface area contributed by atoms with E-state index in [0.29, 0.717) is 30.5 Å². The molecule has 1 unspecified atom stereocenters. The van der Waals surface area contributed by atoms with Crippen molar-refractivity contribution in [3.63, 3.8) is 0 Å². The molecule has 45 heavy (non-hydrogen) atoms. The molecule has 3 rings (SSSR count). The lowest BCUT2D eigenvalue weighted by molar-refractivity contribution is -0.144. The average Bonchev–Trinajstić information content (AvgIpc) is 3.06. The van der Waals surface area contributed by atoms with E-state index >= 15 is 0 Å². The lowest BCUT2D eigenvalue weighted by Gasteiger charge is -2.34. The molecule has 1 atom stereocenters. The number of halogens is 9. The number of esters is 1. The Balaban J connectivity index is 2.12. The fraction of sp³-hybridized carbons (Fsp3) is 0.548. The number of carbonyl (C=O) groups excluding carboxylic acids is 2. The van der Waals surface area contributed by atoms with E-state index in [9.17, 15) is 49.1 Å². The Morgan fingerprint density at radius 1 is 0.911 bits per heavy atom. The zero-order chi connectivity index (χ0) is 34.1. The minimum absolute atomic E-state index is 0.00977. The molecule has 1 aliphatic heterocycles. The highest BCUT2D eigenvalue weighted by atomic mass is 19.4. The second kappa shape index (κ2) is 13.1. The van der Waals surface area contributed by atoms with E-state index in [1.807, 2.05) is 13.8 Å². The van der Waals surface area contributed by atoms with Gasteiger partial charge in [0.2, 0.25) is 5.91 Å². The SMILES string of the molecule is COC(=O)CC(C)(C)CCN1CCCC(N(Cc2cc(C(F)(F)F)cc(C(F)(F)F)c2)C(C)=O)c2cc(C)c(C(F)(F)F)cc21. The number of fused-ring (bicyclic) bond motifs is 1. The molecule has 5 nitrogen and oxygen atoms in total. The highest BCUT2D eigenvalue weighted by Gasteiger charge is 2.39. The number of methoxy groups -OCH3 is 1. The molecule has 0 bridgehead atoms. The highest BCUT2D eigenvalue weighted by Crippen LogP contribution is 2.44. The molecule has 0 aliphatic carbocycles. The van der Waals surface area contributed by atoms with Crippen LogP contribution in [0, 0.1) is 12.3 Å². The van der Waals surface area contributed by atoms with Gasteiger partial charge in [0.05, 0.1) is 36.3 Å². The number of anilines is 1. The summed E-state index contributed by atoms with van der Waals surface area (Å²) in [4.78, 5) is 27.7. The molecule has 14 heteroatoms. The van der Waals surface area contributed by atoms with Gasteiger partial charge in [0.1, 0.15) is 0 Å². The molecule has 0 spiro atoms. The third-order valence-electron chi connectivity index (χ3n) is 7.97. The topological polar surface area (TPSA) is 49.9 Å². The minimum atomic E-state index is -5.10. The summed E-state index contributed by atoms with van der Waals surface area (Å²) in [6, 6.07) is 2.37. The maximum Gasteiger partial charge on any atom is 0.416 e. The van der Waals surface area contributed by atoms with Gasteiger partial charge in [-0.3, -0.25) is 9.59 Å². The maximum absolute atomic E-state index is 14.0. The molecule has 1 aliphatic rings. The van der Waals surface area contributed by atoms with E-state index in [4.69, 9.17) is 4.74 Å². The number of hydrogen-bond donors (Lipinski definition) is 0. The zero-order valence-corrected chi connectivity index (χ0v) is 25.4. The molecule has 1 heterocycles. The van der Waals surface area contributed by atoms with Crippen molar-refractivity contribution >= 4 is 17.6 Å². The lowest BCUT2D eigenvalue weighted by Crippen LogP contribution is -2.33. The number of benzene rings is 2. The van der Waals surface area contributed by atoms with Gasteiger partial charge in [-0.2, -0.15) is 39.5 Å². The van der Waals surface area contributed by atoms with E-state index in [2.05, 4.69) is 0 Å². The first kappa shape index (κ1) is 36.0. The summed E-state index contributed by atoms with van der Waals surface area (Å²) in [7, 11) is 1.24. The van der Waals surface area contributed by atoms with Crippen LogP contribution in [0.15, 0.2) is 30.3 Å². The molecule has 0 N–H and O–H groups in total. The van der Waals surface area contributed by atoms with Gasteiger partial charge in [0.15, 0.2) is 0 Å². The van der Waals surface area contributed by atoms with Crippen molar-refractivity contribution in [3.8, 4) is 0 Å². The smallest absolute Gasteiger partial charge is 0.416 e. The molecule has 0 aromatic heterocycles. The van der Waals surface area contributed by atoms with Crippen molar-refractivity contribution in [2.45, 2.75) is 84.5 Å². The molecular weight excluding hydrogens is 619 g/mol. The first-order valence-corrected chi connectivity index (χ1v) is 14.1. The summed E-state index contributed by atoms with van der Waals surface area (Å²) in [5.41, 5.74) is -4.71. The van der Waals surface area contributed by atoms with Crippen LogP contribution >= 0.6 is 0 Å². The minimum Gasteiger partial charge on any atom is -0.469 e. The highest BCUT2D eigenvalue weighted by molar-refractivity contribution is 5.75. The summed E-state index contributed by atoms with van der Waals surface area (Å²) in [6.07, 6.45) is -13.9. The van der Waals surface area contributed by atoms with E-state index in [0.717, 1.165) is 17.9 Å². The Labute approximate surface area is 255 Å². The monoisotopic (exact) mass is 654 g/mol. The number of nitrogens with zero attached hydrogens (tertiary/aromatic N) is 2. The summed E-state index contributed by atoms with van der Waals surface area (Å²) in [5.74, 6) is -1.13. The van der Waals surface area contributed by atoms with Crippen LogP contribution in [0.25, 0.3) is 0 Å². The zero-order valence-electron chi connectivity index (χ0n) is 25.4. The average molecular weight is 655 g/mol. The number of ether oxygens (including phenoxy) is 1. The van der Waals surface area contributed by atoms with Crippen molar-refractivity contribution < 1.29 is 53.8 Å². The fourth-order valence-corrected chi connectivity index (χ4v) is 5.61. The summed E-state index contributed by atoms with van der Waals surface area (Å²) >= 11 is 0. The maximum atomic E-state index is 14.0. The second-order valence-electron chi connectivity index (χ2n) is 12.1. The van der Waals surface area contributed by atoms with Gasteiger partial charge in [-0.05, 0) is 72.6 Å². The quantitative estimate of drug-likeness (QED) is 0.211. The predicted octanol–water partition coefficient (Wildman–Crippen LogP) is 8.72. The van der Waals surface area contributed by atoms with Crippen LogP contribution in [-0.4, -0.2) is 37.0 Å². The van der Waals surface area contributed by atoms with Crippen LogP contribution in [0.4, 0.5) is 45.2 Å². The Kier molecular flexibility index (Phi) is 10.5. The van der Waals surface area contributed by atoms with Crippen LogP contribution in [0.5, 0.6) is 0 Å². The number of rotatable bonds is 8. The lowest BCUT2D eigenvalue weighted by atomic mass is 9.85. The first-order valence-electron chi connectivity index (χ1n) is 14.1. The van der Waals surface area contributed by atoms with Crippen LogP contribution in [0.1, 0.15) is 85.9 Å². The standard InChI is InChI=1S/C31H35F9N2O3/c1-18-11-23-25(42(19(2)43)17-20-12-21(29(32,33)34)14-22(13-20)30(35,36)37)7-6-9-41(26(23)15-24(18)31(38,39)40)10-8-28(3,4)16-27(44)45-5/h11-15,25H,6-10,16-17H2,1-5H3. The van der Waals surface area contributed by atoms with E-state index in [1.165, 1.54) is 20.1 Å². The number of alkyl halides is 9. The summed E-state index contributed by atoms with van der Waals surface area (Å²) in [5, 5.41) is 0. The third kappa shape index (κ3) is 9.06. The Morgan fingerprint density at radius 2 is 1.49 bits per heavy atom. The van der Waals surface area contributed by atoms with Gasteiger partial charge >= 0.3 is 24.5 Å². The Morgan fingerprint density at radius 3 is 1.98 bits per heavy atom. The van der Waals surface area contributed by atoms with Crippen molar-refractivity contribution in [2.75, 3.05) is 25.1 Å². The third-order valence-corrected chi connectivity index (χ3v) is 7.97. The van der Waals surface area contributed by atoms with Crippen molar-refractivity contribution in [1.82, 2.24) is 4.90 Å². The first-order chi connectivity index (χ1) is 20.5. The van der Waals surface area contributed by atoms with Gasteiger partial charge in [0, 0.05) is 32.2 Å². The van der Waals surface area contributed by atoms with Gasteiger partial charge in [-0.25, -0.2) is 0 Å². The second-order valence-corrected chi connectivity index (χ2v) is 12.1. The largest absolute Gasteiger partial charge is 0.469 e. The van der Waals surface area contributed by atoms with Gasteiger partial charge in [0.25, 0.3) is 0 Å². The van der Waals surface area contributed by atoms with Crippen molar-refractivity contribution in [2.24, 2.45) is 5.41 Å².